The van der Waals surface area contributed by atoms with Crippen molar-refractivity contribution < 1.29 is 9.90 Å². The summed E-state index contributed by atoms with van der Waals surface area (Å²) in [7, 11) is -3.70. The molecule has 2 saturated heterocycles. The van der Waals surface area contributed by atoms with Crippen LogP contribution in [0.5, 0.6) is 0 Å². The molecule has 4 aromatic heterocycles. The highest BCUT2D eigenvalue weighted by molar-refractivity contribution is 14.1. The van der Waals surface area contributed by atoms with Gasteiger partial charge in [0.05, 0.1) is 16.1 Å². The van der Waals surface area contributed by atoms with Crippen molar-refractivity contribution in [3.63, 3.8) is 0 Å². The molecule has 6 heterocycles. The number of hydrogen-bond donors (Lipinski definition) is 1. The Balaban J connectivity index is 0.000000193. The fraction of sp³-hybridized carbons (Fsp3) is 0.534. The second-order valence-electron chi connectivity index (χ2n) is 22.3. The highest BCUT2D eigenvalue weighted by Gasteiger charge is 2.47. The van der Waals surface area contributed by atoms with Crippen LogP contribution in [0.4, 0.5) is 0 Å². The molecular weight excluding hydrogens is 1070 g/mol. The number of rotatable bonds is 15. The third kappa shape index (κ3) is 12.5. The smallest absolute Gasteiger partial charge is 0.171 e. The first-order chi connectivity index (χ1) is 33.8. The molecule has 71 heavy (non-hydrogen) atoms. The molecule has 1 atom stereocenters. The number of pyridine rings is 2. The van der Waals surface area contributed by atoms with Crippen LogP contribution in [-0.4, -0.2) is 82.3 Å². The molecule has 1 unspecified atom stereocenters. The Hall–Kier alpha value is -2.89. The lowest BCUT2D eigenvalue weighted by Crippen LogP contribution is -2.51. The number of nitrogens with zero attached hydrogens (tertiary/aromatic N) is 6. The van der Waals surface area contributed by atoms with E-state index in [0.717, 1.165) is 102 Å². The van der Waals surface area contributed by atoms with E-state index >= 15 is 0 Å². The summed E-state index contributed by atoms with van der Waals surface area (Å²) < 4.78 is 6.15. The third-order valence-electron chi connectivity index (χ3n) is 16.4. The number of carbonyl (C=O) groups excluding carboxylic acids is 1. The van der Waals surface area contributed by atoms with Crippen molar-refractivity contribution in [3.05, 3.63) is 128 Å². The van der Waals surface area contributed by atoms with E-state index in [1.54, 1.807) is 12.4 Å². The Labute approximate surface area is 452 Å². The van der Waals surface area contributed by atoms with Crippen LogP contribution in [-0.2, 0) is 17.9 Å². The number of benzene rings is 2. The quantitative estimate of drug-likeness (QED) is 0.0627. The molecule has 0 saturated carbocycles. The van der Waals surface area contributed by atoms with E-state index in [-0.39, 0.29) is 5.92 Å². The molecule has 13 heteroatoms. The molecule has 2 aliphatic rings. The Morgan fingerprint density at radius 1 is 0.592 bits per heavy atom. The number of halogens is 3. The van der Waals surface area contributed by atoms with E-state index in [4.69, 9.17) is 28.2 Å². The Morgan fingerprint density at radius 2 is 0.972 bits per heavy atom. The molecule has 0 spiro atoms. The summed E-state index contributed by atoms with van der Waals surface area (Å²) in [5, 5.41) is 15.1. The van der Waals surface area contributed by atoms with Crippen LogP contribution in [0.2, 0.25) is 43.3 Å². The van der Waals surface area contributed by atoms with E-state index in [2.05, 4.69) is 208 Å². The van der Waals surface area contributed by atoms with Crippen molar-refractivity contribution in [2.75, 3.05) is 26.2 Å². The largest absolute Gasteiger partial charge is 0.388 e. The number of fused-ring (bicyclic) bond motifs is 2. The number of aliphatic hydroxyl groups excluding tert-OH is 1. The number of hydrogen-bond acceptors (Lipinski definition) is 6. The maximum Gasteiger partial charge on any atom is 0.171 e. The van der Waals surface area contributed by atoms with Gasteiger partial charge in [-0.1, -0.05) is 167 Å². The number of piperidine rings is 2. The predicted molar refractivity (Wildman–Crippen MR) is 315 cm³/mol. The Bertz CT molecular complexity index is 2560. The summed E-state index contributed by atoms with van der Waals surface area (Å²) in [5.74, 6) is 0.507. The van der Waals surface area contributed by atoms with Gasteiger partial charge in [0.25, 0.3) is 0 Å². The maximum absolute atomic E-state index is 11.6. The molecule has 2 aliphatic heterocycles. The molecule has 0 aliphatic carbocycles. The fourth-order valence-corrected chi connectivity index (χ4v) is 27.4. The lowest BCUT2D eigenvalue weighted by Gasteiger charge is -2.44. The average molecular weight is 1150 g/mol. The summed E-state index contributed by atoms with van der Waals surface area (Å²) in [4.78, 5) is 25.0. The molecule has 0 radical (unpaired) electrons. The minimum absolute atomic E-state index is 0.204. The van der Waals surface area contributed by atoms with Gasteiger partial charge in [-0.3, -0.25) is 9.80 Å². The van der Waals surface area contributed by atoms with Crippen molar-refractivity contribution in [2.24, 2.45) is 11.8 Å². The van der Waals surface area contributed by atoms with Gasteiger partial charge >= 0.3 is 0 Å². The van der Waals surface area contributed by atoms with E-state index in [9.17, 15) is 9.90 Å². The second-order valence-corrected chi connectivity index (χ2v) is 35.6. The van der Waals surface area contributed by atoms with Crippen LogP contribution in [0.15, 0.2) is 97.6 Å². The lowest BCUT2D eigenvalue weighted by molar-refractivity contribution is -0.112. The molecule has 8 rings (SSSR count). The predicted octanol–water partition coefficient (Wildman–Crippen LogP) is 16.1. The highest BCUT2D eigenvalue weighted by Crippen LogP contribution is 2.47. The maximum atomic E-state index is 11.6. The number of likely N-dealkylation sites (tertiary alicyclic amines) is 2. The fourth-order valence-electron chi connectivity index (χ4n) is 13.3. The van der Waals surface area contributed by atoms with Crippen LogP contribution in [0.25, 0.3) is 22.1 Å². The average Bonchev–Trinajstić information content (AvgIpc) is 3.97. The highest BCUT2D eigenvalue weighted by atomic mass is 127. The van der Waals surface area contributed by atoms with Gasteiger partial charge in [-0.25, -0.2) is 9.97 Å². The van der Waals surface area contributed by atoms with Crippen molar-refractivity contribution in [1.29, 1.82) is 0 Å². The number of aromatic nitrogens is 4. The number of aldehydes is 1. The zero-order valence-electron chi connectivity index (χ0n) is 44.8. The monoisotopic (exact) mass is 1150 g/mol. The topological polar surface area (TPSA) is 79.4 Å². The first-order valence-corrected chi connectivity index (χ1v) is 32.6. The zero-order chi connectivity index (χ0) is 51.8. The van der Waals surface area contributed by atoms with Crippen LogP contribution >= 0.6 is 45.8 Å². The standard InChI is InChI=1S/C29H42ClN3OSi.C16H24ClIN2Si.C13H17NO/c1-20(2)35(21(3)4,22(5)6)33-17-14-25-27(26(30)18-31-29(25)33)28(34)24-12-15-32(16-13-24)19-23-10-8-7-9-11-23;1-10(2)21(11(3)4,12(5)6)20-8-7-13-15(18)14(17)9-19-16(13)20;15-11-13-6-8-14(9-7-13)10-12-4-2-1-3-5-12/h7-11,14,17-18,20-22,24,28,34H,12-13,15-16,19H2,1-6H3;7-12H,1-6H3;1-5,11,13H,6-10H2. The van der Waals surface area contributed by atoms with Crippen molar-refractivity contribution in [1.82, 2.24) is 28.2 Å². The molecule has 0 amide bonds. The lowest BCUT2D eigenvalue weighted by atomic mass is 9.86. The van der Waals surface area contributed by atoms with Crippen LogP contribution < -0.4 is 0 Å². The first kappa shape index (κ1) is 57.4. The van der Waals surface area contributed by atoms with Crippen LogP contribution in [0.3, 0.4) is 0 Å². The number of carbonyl (C=O) groups is 1. The van der Waals surface area contributed by atoms with E-state index in [1.807, 2.05) is 6.07 Å². The minimum atomic E-state index is -1.95. The van der Waals surface area contributed by atoms with Gasteiger partial charge in [0.15, 0.2) is 16.5 Å². The van der Waals surface area contributed by atoms with Crippen molar-refractivity contribution in [2.45, 2.75) is 161 Å². The van der Waals surface area contributed by atoms with Gasteiger partial charge in [-0.05, 0) is 149 Å². The summed E-state index contributed by atoms with van der Waals surface area (Å²) in [6, 6.07) is 25.5. The molecule has 8 nitrogen and oxygen atoms in total. The van der Waals surface area contributed by atoms with E-state index < -0.39 is 22.6 Å². The second kappa shape index (κ2) is 25.6. The minimum Gasteiger partial charge on any atom is -0.388 e. The SMILES string of the molecule is CC(C)[Si](C(C)C)(C(C)C)n1ccc2c(C(O)C3CCN(Cc4ccccc4)CC3)c(Cl)cnc21.CC(C)[Si](C(C)C)(C(C)C)n1ccc2c(I)c(Cl)cnc21.O=CC1CCN(Cc2ccccc2)CC1. The van der Waals surface area contributed by atoms with Crippen molar-refractivity contribution >= 4 is 90.6 Å². The molecule has 386 valence electrons. The molecule has 2 fully saturated rings. The van der Waals surface area contributed by atoms with Gasteiger partial charge in [0.1, 0.15) is 17.6 Å². The van der Waals surface area contributed by atoms with E-state index in [1.165, 1.54) is 16.5 Å². The Morgan fingerprint density at radius 3 is 1.38 bits per heavy atom. The Kier molecular flexibility index (Phi) is 20.7. The van der Waals surface area contributed by atoms with Crippen LogP contribution in [0.1, 0.15) is 132 Å². The molecule has 0 bridgehead atoms. The van der Waals surface area contributed by atoms with E-state index in [0.29, 0.717) is 44.2 Å². The summed E-state index contributed by atoms with van der Waals surface area (Å²) >= 11 is 15.3. The van der Waals surface area contributed by atoms with Gasteiger partial charge in [0, 0.05) is 51.3 Å². The first-order valence-electron chi connectivity index (χ1n) is 26.4. The summed E-state index contributed by atoms with van der Waals surface area (Å²) in [6.07, 6.45) is 12.6. The number of aliphatic hydroxyl groups is 1. The van der Waals surface area contributed by atoms with Gasteiger partial charge in [-0.2, -0.15) is 0 Å². The molecule has 2 aromatic carbocycles. The molecule has 1 N–H and O–H groups in total. The molecule has 6 aromatic rings. The van der Waals surface area contributed by atoms with Crippen molar-refractivity contribution in [3.8, 4) is 0 Å². The van der Waals surface area contributed by atoms with Gasteiger partial charge in [0.2, 0.25) is 0 Å². The van der Waals surface area contributed by atoms with Gasteiger partial charge < -0.3 is 18.4 Å². The molecular formula is C58H83Cl2IN6O2Si2. The van der Waals surface area contributed by atoms with Gasteiger partial charge in [-0.15, -0.1) is 0 Å². The zero-order valence-corrected chi connectivity index (χ0v) is 50.4. The normalized spacial score (nSPS) is 16.4. The summed E-state index contributed by atoms with van der Waals surface area (Å²) in [6.45, 7) is 34.5. The third-order valence-corrected chi connectivity index (χ3v) is 32.0. The summed E-state index contributed by atoms with van der Waals surface area (Å²) in [5.41, 5.74) is 9.35. The van der Waals surface area contributed by atoms with Crippen LogP contribution in [0, 0.1) is 15.4 Å².